The van der Waals surface area contributed by atoms with E-state index in [1.54, 1.807) is 13.0 Å². The quantitative estimate of drug-likeness (QED) is 0.681. The molecule has 4 nitrogen and oxygen atoms in total. The first-order chi connectivity index (χ1) is 5.18. The van der Waals surface area contributed by atoms with Crippen LogP contribution >= 0.6 is 8.25 Å². The number of nitrogens with zero attached hydrogens (tertiary/aromatic N) is 1. The maximum atomic E-state index is 10.2. The van der Waals surface area contributed by atoms with Crippen LogP contribution in [0.4, 0.5) is 0 Å². The molecule has 0 aliphatic heterocycles. The molecule has 0 bridgehead atoms. The Morgan fingerprint density at radius 1 is 1.73 bits per heavy atom. The molecule has 1 aromatic rings. The Labute approximate surface area is 64.8 Å². The van der Waals surface area contributed by atoms with Crippen molar-refractivity contribution in [2.45, 2.75) is 6.92 Å². The van der Waals surface area contributed by atoms with E-state index >= 15 is 0 Å². The van der Waals surface area contributed by atoms with Crippen LogP contribution in [0, 0.1) is 6.92 Å². The van der Waals surface area contributed by atoms with Gasteiger partial charge in [0.15, 0.2) is 0 Å². The number of hydrogen-bond acceptors (Lipinski definition) is 3. The number of aryl methyl sites for hydroxylation is 1. The molecule has 1 unspecified atom stereocenters. The fourth-order valence-electron chi connectivity index (χ4n) is 0.684. The van der Waals surface area contributed by atoms with E-state index in [1.807, 2.05) is 0 Å². The van der Waals surface area contributed by atoms with E-state index < -0.39 is 8.25 Å². The average molecular weight is 173 g/mol. The second-order valence-corrected chi connectivity index (χ2v) is 2.74. The second kappa shape index (κ2) is 3.51. The Morgan fingerprint density at radius 3 is 3.00 bits per heavy atom. The minimum Gasteiger partial charge on any atom is -0.426 e. The predicted octanol–water partition coefficient (Wildman–Crippen LogP) is 1.15. The zero-order chi connectivity index (χ0) is 8.27. The van der Waals surface area contributed by atoms with Crippen molar-refractivity contribution in [1.29, 1.82) is 0 Å². The van der Waals surface area contributed by atoms with Crippen molar-refractivity contribution in [2.24, 2.45) is 0 Å². The van der Waals surface area contributed by atoms with Gasteiger partial charge in [-0.3, -0.25) is 4.98 Å². The standard InChI is InChI=1S/C6H8NO3P/c1-5-4-6(2-3-7-5)10-11(8)9/h2-4,11H,1H3,(H,8,9). The van der Waals surface area contributed by atoms with E-state index in [1.165, 1.54) is 12.3 Å². The van der Waals surface area contributed by atoms with E-state index in [-0.39, 0.29) is 0 Å². The van der Waals surface area contributed by atoms with E-state index in [0.29, 0.717) is 5.75 Å². The molecule has 0 aromatic carbocycles. The third-order valence-electron chi connectivity index (χ3n) is 1.07. The van der Waals surface area contributed by atoms with Crippen LogP contribution in [0.5, 0.6) is 5.75 Å². The van der Waals surface area contributed by atoms with Crippen molar-refractivity contribution in [1.82, 2.24) is 4.98 Å². The maximum absolute atomic E-state index is 10.2. The molecule has 0 saturated heterocycles. The minimum atomic E-state index is -2.88. The summed E-state index contributed by atoms with van der Waals surface area (Å²) in [6.45, 7) is 1.78. The van der Waals surface area contributed by atoms with Gasteiger partial charge >= 0.3 is 8.25 Å². The third-order valence-corrected chi connectivity index (χ3v) is 1.48. The minimum absolute atomic E-state index is 0.379. The second-order valence-electron chi connectivity index (χ2n) is 2.00. The van der Waals surface area contributed by atoms with Gasteiger partial charge in [-0.2, -0.15) is 0 Å². The zero-order valence-corrected chi connectivity index (χ0v) is 6.94. The van der Waals surface area contributed by atoms with Gasteiger partial charge in [0.25, 0.3) is 0 Å². The molecular weight excluding hydrogens is 165 g/mol. The summed E-state index contributed by atoms with van der Waals surface area (Å²) in [7, 11) is -2.88. The Bertz CT molecular complexity index is 276. The lowest BCUT2D eigenvalue weighted by molar-refractivity contribution is 0.410. The van der Waals surface area contributed by atoms with Crippen LogP contribution in [0.3, 0.4) is 0 Å². The first-order valence-electron chi connectivity index (χ1n) is 3.02. The Kier molecular flexibility index (Phi) is 2.63. The summed E-state index contributed by atoms with van der Waals surface area (Å²) in [6, 6.07) is 3.13. The fourth-order valence-corrected chi connectivity index (χ4v) is 1.01. The smallest absolute Gasteiger partial charge is 0.365 e. The van der Waals surface area contributed by atoms with Crippen LogP contribution in [0.15, 0.2) is 18.3 Å². The van der Waals surface area contributed by atoms with Crippen LogP contribution in [0.25, 0.3) is 0 Å². The molecule has 1 heterocycles. The van der Waals surface area contributed by atoms with Crippen LogP contribution in [0.2, 0.25) is 0 Å². The van der Waals surface area contributed by atoms with Crippen LogP contribution in [-0.4, -0.2) is 9.88 Å². The Hall–Kier alpha value is -0.860. The first-order valence-corrected chi connectivity index (χ1v) is 4.28. The van der Waals surface area contributed by atoms with Gasteiger partial charge < -0.3 is 9.42 Å². The van der Waals surface area contributed by atoms with Crippen molar-refractivity contribution >= 4 is 8.25 Å². The molecule has 0 radical (unpaired) electrons. The van der Waals surface area contributed by atoms with Gasteiger partial charge in [0.2, 0.25) is 0 Å². The highest BCUT2D eigenvalue weighted by Crippen LogP contribution is 2.21. The first kappa shape index (κ1) is 8.24. The van der Waals surface area contributed by atoms with Crippen LogP contribution < -0.4 is 4.52 Å². The summed E-state index contributed by atoms with van der Waals surface area (Å²) in [6.07, 6.45) is 1.52. The van der Waals surface area contributed by atoms with Crippen molar-refractivity contribution < 1.29 is 14.0 Å². The van der Waals surface area contributed by atoms with Crippen molar-refractivity contribution in [3.8, 4) is 5.75 Å². The van der Waals surface area contributed by atoms with E-state index in [4.69, 9.17) is 4.89 Å². The molecular formula is C6H8NO3P. The third kappa shape index (κ3) is 2.70. The average Bonchev–Trinajstić information content (AvgIpc) is 1.85. The summed E-state index contributed by atoms with van der Waals surface area (Å²) >= 11 is 0. The van der Waals surface area contributed by atoms with E-state index in [9.17, 15) is 4.57 Å². The highest BCUT2D eigenvalue weighted by atomic mass is 31.1. The lowest BCUT2D eigenvalue weighted by Gasteiger charge is -2.00. The van der Waals surface area contributed by atoms with Crippen LogP contribution in [0.1, 0.15) is 5.69 Å². The molecule has 60 valence electrons. The zero-order valence-electron chi connectivity index (χ0n) is 5.94. The van der Waals surface area contributed by atoms with Gasteiger partial charge in [-0.25, -0.2) is 4.57 Å². The topological polar surface area (TPSA) is 59.4 Å². The maximum Gasteiger partial charge on any atom is 0.365 e. The Balaban J connectivity index is 2.79. The summed E-state index contributed by atoms with van der Waals surface area (Å²) in [5, 5.41) is 0. The number of pyridine rings is 1. The largest absolute Gasteiger partial charge is 0.426 e. The van der Waals surface area contributed by atoms with Gasteiger partial charge in [-0.05, 0) is 13.0 Å². The van der Waals surface area contributed by atoms with E-state index in [0.717, 1.165) is 5.69 Å². The molecule has 0 fully saturated rings. The van der Waals surface area contributed by atoms with Gasteiger partial charge in [0.05, 0.1) is 0 Å². The van der Waals surface area contributed by atoms with Crippen LogP contribution in [-0.2, 0) is 4.57 Å². The van der Waals surface area contributed by atoms with Gasteiger partial charge in [0.1, 0.15) is 5.75 Å². The SMILES string of the molecule is Cc1cc(O[PH](=O)O)ccn1. The molecule has 11 heavy (non-hydrogen) atoms. The molecule has 1 rings (SSSR count). The summed E-state index contributed by atoms with van der Waals surface area (Å²) in [5.74, 6) is 0.379. The molecule has 5 heteroatoms. The highest BCUT2D eigenvalue weighted by Gasteiger charge is 1.96. The molecule has 0 aliphatic carbocycles. The monoisotopic (exact) mass is 173 g/mol. The summed E-state index contributed by atoms with van der Waals surface area (Å²) in [5.41, 5.74) is 0.755. The number of hydrogen-bond donors (Lipinski definition) is 1. The lowest BCUT2D eigenvalue weighted by Crippen LogP contribution is -1.83. The highest BCUT2D eigenvalue weighted by molar-refractivity contribution is 7.32. The molecule has 0 spiro atoms. The lowest BCUT2D eigenvalue weighted by atomic mass is 10.4. The van der Waals surface area contributed by atoms with Gasteiger partial charge in [-0.1, -0.05) is 0 Å². The van der Waals surface area contributed by atoms with E-state index in [2.05, 4.69) is 9.51 Å². The molecule has 1 N–H and O–H groups in total. The van der Waals surface area contributed by atoms with Crippen molar-refractivity contribution in [3.05, 3.63) is 24.0 Å². The predicted molar refractivity (Wildman–Crippen MR) is 40.8 cm³/mol. The number of rotatable bonds is 2. The van der Waals surface area contributed by atoms with Gasteiger partial charge in [0, 0.05) is 18.0 Å². The Morgan fingerprint density at radius 2 is 2.45 bits per heavy atom. The molecule has 0 aliphatic rings. The van der Waals surface area contributed by atoms with Gasteiger partial charge in [-0.15, -0.1) is 0 Å². The molecule has 0 saturated carbocycles. The summed E-state index contributed by atoms with van der Waals surface area (Å²) < 4.78 is 14.8. The van der Waals surface area contributed by atoms with Crippen molar-refractivity contribution in [3.63, 3.8) is 0 Å². The molecule has 1 aromatic heterocycles. The van der Waals surface area contributed by atoms with Crippen molar-refractivity contribution in [2.75, 3.05) is 0 Å². The normalized spacial score (nSPS) is 12.5. The number of aromatic nitrogens is 1. The summed E-state index contributed by atoms with van der Waals surface area (Å²) in [4.78, 5) is 12.3. The molecule has 0 amide bonds. The molecule has 1 atom stereocenters. The fraction of sp³-hybridized carbons (Fsp3) is 0.167.